The molecule has 0 aliphatic heterocycles. The summed E-state index contributed by atoms with van der Waals surface area (Å²) in [5.74, 6) is 0.201. The Labute approximate surface area is 167 Å². The largest absolute Gasteiger partial charge is 0.379 e. The zero-order valence-corrected chi connectivity index (χ0v) is 17.3. The zero-order chi connectivity index (χ0) is 20.9. The molecule has 28 heavy (non-hydrogen) atoms. The highest BCUT2D eigenvalue weighted by atomic mass is 16.5. The van der Waals surface area contributed by atoms with E-state index in [1.54, 1.807) is 0 Å². The van der Waals surface area contributed by atoms with Crippen molar-refractivity contribution in [1.82, 2.24) is 16.0 Å². The van der Waals surface area contributed by atoms with E-state index in [9.17, 15) is 19.2 Å². The van der Waals surface area contributed by atoms with Crippen molar-refractivity contribution < 1.29 is 23.9 Å². The number of carbonyl (C=O) groups excluding carboxylic acids is 4. The molecule has 0 unspecified atom stereocenters. The maximum absolute atomic E-state index is 12.0. The summed E-state index contributed by atoms with van der Waals surface area (Å²) in [5, 5.41) is 8.26. The predicted molar refractivity (Wildman–Crippen MR) is 105 cm³/mol. The third-order valence-corrected chi connectivity index (χ3v) is 4.83. The summed E-state index contributed by atoms with van der Waals surface area (Å²) in [6, 6.07) is 0.145. The van der Waals surface area contributed by atoms with Crippen molar-refractivity contribution in [2.24, 2.45) is 11.8 Å². The minimum Gasteiger partial charge on any atom is -0.379 e. The van der Waals surface area contributed by atoms with Crippen molar-refractivity contribution >= 4 is 23.5 Å². The van der Waals surface area contributed by atoms with Crippen molar-refractivity contribution in [3.05, 3.63) is 0 Å². The second-order valence-corrected chi connectivity index (χ2v) is 7.62. The molecule has 0 bridgehead atoms. The third-order valence-electron chi connectivity index (χ3n) is 4.83. The lowest BCUT2D eigenvalue weighted by molar-refractivity contribution is -0.127. The van der Waals surface area contributed by atoms with Gasteiger partial charge in [-0.2, -0.15) is 0 Å². The number of ether oxygens (including phenoxy) is 1. The summed E-state index contributed by atoms with van der Waals surface area (Å²) in [4.78, 5) is 46.2. The molecule has 1 fully saturated rings. The van der Waals surface area contributed by atoms with Gasteiger partial charge in [0, 0.05) is 50.7 Å². The van der Waals surface area contributed by atoms with Gasteiger partial charge in [0.15, 0.2) is 0 Å². The number of hydrogen-bond donors (Lipinski definition) is 3. The first kappa shape index (κ1) is 24.1. The SMILES string of the molecule is CC(=O)NCCC(=O)NCCOCCC(=O)N[C@H]1CC[C@@H](C(=O)C(C)C)CC1. The monoisotopic (exact) mass is 397 g/mol. The molecule has 8 nitrogen and oxygen atoms in total. The Balaban J connectivity index is 2.02. The van der Waals surface area contributed by atoms with Crippen LogP contribution < -0.4 is 16.0 Å². The molecule has 1 saturated carbocycles. The van der Waals surface area contributed by atoms with E-state index in [-0.39, 0.29) is 48.4 Å². The Morgan fingerprint density at radius 2 is 1.57 bits per heavy atom. The van der Waals surface area contributed by atoms with Crippen molar-refractivity contribution in [2.45, 2.75) is 65.3 Å². The topological polar surface area (TPSA) is 114 Å². The fourth-order valence-corrected chi connectivity index (χ4v) is 3.26. The number of ketones is 1. The number of carbonyl (C=O) groups is 4. The van der Waals surface area contributed by atoms with Gasteiger partial charge in [-0.1, -0.05) is 13.8 Å². The van der Waals surface area contributed by atoms with E-state index in [4.69, 9.17) is 4.74 Å². The van der Waals surface area contributed by atoms with Crippen LogP contribution in [0.15, 0.2) is 0 Å². The fourth-order valence-electron chi connectivity index (χ4n) is 3.26. The van der Waals surface area contributed by atoms with Crippen LogP contribution in [0.2, 0.25) is 0 Å². The van der Waals surface area contributed by atoms with Crippen molar-refractivity contribution in [2.75, 3.05) is 26.3 Å². The predicted octanol–water partition coefficient (Wildman–Crippen LogP) is 0.936. The summed E-state index contributed by atoms with van der Waals surface area (Å²) < 4.78 is 5.37. The average Bonchev–Trinajstić information content (AvgIpc) is 2.64. The Hall–Kier alpha value is -1.96. The van der Waals surface area contributed by atoms with Gasteiger partial charge in [-0.3, -0.25) is 19.2 Å². The number of hydrogen-bond acceptors (Lipinski definition) is 5. The molecule has 160 valence electrons. The maximum atomic E-state index is 12.0. The molecule has 0 aromatic heterocycles. The minimum absolute atomic E-state index is 0.0435. The smallest absolute Gasteiger partial charge is 0.222 e. The number of rotatable bonds is 12. The van der Waals surface area contributed by atoms with Crippen LogP contribution in [-0.2, 0) is 23.9 Å². The molecule has 8 heteroatoms. The van der Waals surface area contributed by atoms with Crippen LogP contribution in [0.25, 0.3) is 0 Å². The average molecular weight is 398 g/mol. The fraction of sp³-hybridized carbons (Fsp3) is 0.800. The lowest BCUT2D eigenvalue weighted by atomic mass is 9.80. The van der Waals surface area contributed by atoms with Gasteiger partial charge in [0.25, 0.3) is 0 Å². The first-order valence-corrected chi connectivity index (χ1v) is 10.2. The molecule has 1 rings (SSSR count). The quantitative estimate of drug-likeness (QED) is 0.424. The molecule has 0 aromatic carbocycles. The standard InChI is InChI=1S/C20H35N3O5/c1-14(2)20(27)16-4-6-17(7-5-16)23-19(26)9-12-28-13-11-22-18(25)8-10-21-15(3)24/h14,16-17H,4-13H2,1-3H3,(H,21,24)(H,22,25)(H,23,26)/t16-,17+. The highest BCUT2D eigenvalue weighted by Crippen LogP contribution is 2.27. The number of amides is 3. The van der Waals surface area contributed by atoms with Gasteiger partial charge in [-0.05, 0) is 25.7 Å². The molecular weight excluding hydrogens is 362 g/mol. The molecule has 3 amide bonds. The first-order valence-electron chi connectivity index (χ1n) is 10.2. The summed E-state index contributed by atoms with van der Waals surface area (Å²) in [5.41, 5.74) is 0. The highest BCUT2D eigenvalue weighted by Gasteiger charge is 2.28. The molecule has 0 atom stereocenters. The second kappa shape index (κ2) is 13.3. The Morgan fingerprint density at radius 1 is 0.893 bits per heavy atom. The van der Waals surface area contributed by atoms with Crippen molar-refractivity contribution in [3.8, 4) is 0 Å². The van der Waals surface area contributed by atoms with Crippen LogP contribution in [0.5, 0.6) is 0 Å². The van der Waals surface area contributed by atoms with Gasteiger partial charge in [0.1, 0.15) is 5.78 Å². The van der Waals surface area contributed by atoms with Crippen LogP contribution in [0, 0.1) is 11.8 Å². The van der Waals surface area contributed by atoms with Gasteiger partial charge in [-0.15, -0.1) is 0 Å². The summed E-state index contributed by atoms with van der Waals surface area (Å²) >= 11 is 0. The van der Waals surface area contributed by atoms with Gasteiger partial charge in [0.2, 0.25) is 17.7 Å². The van der Waals surface area contributed by atoms with Gasteiger partial charge in [-0.25, -0.2) is 0 Å². The summed E-state index contributed by atoms with van der Waals surface area (Å²) in [6.07, 6.45) is 3.90. The van der Waals surface area contributed by atoms with E-state index in [2.05, 4.69) is 16.0 Å². The molecule has 0 aromatic rings. The maximum Gasteiger partial charge on any atom is 0.222 e. The zero-order valence-electron chi connectivity index (χ0n) is 17.3. The van der Waals surface area contributed by atoms with Crippen LogP contribution >= 0.6 is 0 Å². The van der Waals surface area contributed by atoms with E-state index >= 15 is 0 Å². The molecule has 0 radical (unpaired) electrons. The molecule has 0 spiro atoms. The number of Topliss-reactive ketones (excluding diaryl/α,β-unsaturated/α-hetero) is 1. The van der Waals surface area contributed by atoms with E-state index in [1.807, 2.05) is 13.8 Å². The summed E-state index contributed by atoms with van der Waals surface area (Å²) in [7, 11) is 0. The van der Waals surface area contributed by atoms with Gasteiger partial charge >= 0.3 is 0 Å². The van der Waals surface area contributed by atoms with Gasteiger partial charge < -0.3 is 20.7 Å². The molecule has 1 aliphatic carbocycles. The lowest BCUT2D eigenvalue weighted by Crippen LogP contribution is -2.39. The van der Waals surface area contributed by atoms with Crippen LogP contribution in [-0.4, -0.2) is 55.8 Å². The first-order chi connectivity index (χ1) is 13.3. The second-order valence-electron chi connectivity index (χ2n) is 7.62. The van der Waals surface area contributed by atoms with Crippen LogP contribution in [0.4, 0.5) is 0 Å². The van der Waals surface area contributed by atoms with E-state index in [0.717, 1.165) is 25.7 Å². The molecular formula is C20H35N3O5. The van der Waals surface area contributed by atoms with Crippen LogP contribution in [0.1, 0.15) is 59.3 Å². The highest BCUT2D eigenvalue weighted by molar-refractivity contribution is 5.83. The summed E-state index contributed by atoms with van der Waals surface area (Å²) in [6.45, 7) is 6.60. The third kappa shape index (κ3) is 10.4. The minimum atomic E-state index is -0.161. The Kier molecular flexibility index (Phi) is 11.4. The van der Waals surface area contributed by atoms with E-state index in [1.165, 1.54) is 6.92 Å². The van der Waals surface area contributed by atoms with Gasteiger partial charge in [0.05, 0.1) is 13.2 Å². The Bertz CT molecular complexity index is 528. The normalized spacial score (nSPS) is 19.1. The lowest BCUT2D eigenvalue weighted by Gasteiger charge is -2.29. The molecule has 0 heterocycles. The van der Waals surface area contributed by atoms with E-state index < -0.39 is 0 Å². The Morgan fingerprint density at radius 3 is 2.18 bits per heavy atom. The molecule has 0 saturated heterocycles. The molecule has 1 aliphatic rings. The number of nitrogens with one attached hydrogen (secondary N) is 3. The van der Waals surface area contributed by atoms with E-state index in [0.29, 0.717) is 32.1 Å². The van der Waals surface area contributed by atoms with Crippen molar-refractivity contribution in [1.29, 1.82) is 0 Å². The van der Waals surface area contributed by atoms with Crippen molar-refractivity contribution in [3.63, 3.8) is 0 Å². The van der Waals surface area contributed by atoms with Crippen LogP contribution in [0.3, 0.4) is 0 Å². The molecule has 3 N–H and O–H groups in total.